The van der Waals surface area contributed by atoms with Crippen molar-refractivity contribution in [1.82, 2.24) is 14.7 Å². The summed E-state index contributed by atoms with van der Waals surface area (Å²) in [4.78, 5) is 32.0. The molecule has 6 heteroatoms. The number of Topliss-reactive ketones (excluding diaryl/α,β-unsaturated/α-hetero) is 1. The van der Waals surface area contributed by atoms with E-state index in [0.717, 1.165) is 51.9 Å². The second-order valence-corrected chi connectivity index (χ2v) is 7.94. The second-order valence-electron chi connectivity index (χ2n) is 7.94. The van der Waals surface area contributed by atoms with Crippen molar-refractivity contribution in [3.05, 3.63) is 22.6 Å². The van der Waals surface area contributed by atoms with Crippen molar-refractivity contribution in [3.8, 4) is 0 Å². The number of aryl methyl sites for hydroxylation is 2. The quantitative estimate of drug-likeness (QED) is 0.805. The summed E-state index contributed by atoms with van der Waals surface area (Å²) < 4.78 is 5.77. The molecular weight excluding hydrogens is 330 g/mol. The van der Waals surface area contributed by atoms with Crippen LogP contribution in [0, 0.1) is 6.92 Å². The zero-order valence-corrected chi connectivity index (χ0v) is 16.5. The van der Waals surface area contributed by atoms with Gasteiger partial charge in [-0.1, -0.05) is 0 Å². The first-order valence-corrected chi connectivity index (χ1v) is 9.68. The highest BCUT2D eigenvalue weighted by Gasteiger charge is 2.34. The molecule has 1 atom stereocenters. The number of hydrogen-bond donors (Lipinski definition) is 0. The SMILES string of the molecule is Cc1oc2c(c1C(=O)N1CCC[C@@H](N(C)CCN(C)C)C1)C(=O)CCC2. The first-order valence-electron chi connectivity index (χ1n) is 9.68. The average Bonchev–Trinajstić information content (AvgIpc) is 2.96. The molecule has 1 aromatic rings. The van der Waals surface area contributed by atoms with Gasteiger partial charge in [-0.05, 0) is 47.3 Å². The van der Waals surface area contributed by atoms with Crippen LogP contribution in [-0.2, 0) is 6.42 Å². The van der Waals surface area contributed by atoms with Crippen LogP contribution in [0.2, 0.25) is 0 Å². The summed E-state index contributed by atoms with van der Waals surface area (Å²) in [5.74, 6) is 1.33. The van der Waals surface area contributed by atoms with E-state index >= 15 is 0 Å². The van der Waals surface area contributed by atoms with Crippen molar-refractivity contribution in [2.75, 3.05) is 47.3 Å². The molecule has 0 bridgehead atoms. The number of carbonyl (C=O) groups is 2. The lowest BCUT2D eigenvalue weighted by Gasteiger charge is -2.38. The zero-order valence-electron chi connectivity index (χ0n) is 16.5. The molecule has 0 unspecified atom stereocenters. The molecule has 26 heavy (non-hydrogen) atoms. The van der Waals surface area contributed by atoms with E-state index in [4.69, 9.17) is 4.42 Å². The molecule has 0 saturated carbocycles. The van der Waals surface area contributed by atoms with Gasteiger partial charge >= 0.3 is 0 Å². The van der Waals surface area contributed by atoms with Gasteiger partial charge in [0.25, 0.3) is 5.91 Å². The number of furan rings is 1. The Kier molecular flexibility index (Phi) is 5.82. The summed E-state index contributed by atoms with van der Waals surface area (Å²) >= 11 is 0. The molecule has 2 aliphatic rings. The van der Waals surface area contributed by atoms with Crippen LogP contribution < -0.4 is 0 Å². The average molecular weight is 361 g/mol. The van der Waals surface area contributed by atoms with Gasteiger partial charge in [0.2, 0.25) is 0 Å². The molecule has 6 nitrogen and oxygen atoms in total. The Morgan fingerprint density at radius 1 is 1.19 bits per heavy atom. The molecule has 0 aromatic carbocycles. The molecular formula is C20H31N3O3. The third-order valence-corrected chi connectivity index (χ3v) is 5.66. The fourth-order valence-electron chi connectivity index (χ4n) is 4.06. The Balaban J connectivity index is 1.74. The highest BCUT2D eigenvalue weighted by molar-refractivity contribution is 6.10. The van der Waals surface area contributed by atoms with E-state index in [0.29, 0.717) is 35.1 Å². The molecule has 1 aliphatic carbocycles. The Morgan fingerprint density at radius 3 is 2.69 bits per heavy atom. The van der Waals surface area contributed by atoms with E-state index in [-0.39, 0.29) is 11.7 Å². The van der Waals surface area contributed by atoms with Gasteiger partial charge in [0, 0.05) is 45.1 Å². The van der Waals surface area contributed by atoms with Crippen LogP contribution in [0.4, 0.5) is 0 Å². The first kappa shape index (κ1) is 19.1. The van der Waals surface area contributed by atoms with Crippen LogP contribution >= 0.6 is 0 Å². The van der Waals surface area contributed by atoms with Gasteiger partial charge < -0.3 is 19.1 Å². The third-order valence-electron chi connectivity index (χ3n) is 5.66. The van der Waals surface area contributed by atoms with Crippen LogP contribution in [-0.4, -0.2) is 79.8 Å². The van der Waals surface area contributed by atoms with Gasteiger partial charge in [-0.25, -0.2) is 0 Å². The maximum Gasteiger partial charge on any atom is 0.258 e. The van der Waals surface area contributed by atoms with Gasteiger partial charge in [0.05, 0.1) is 11.1 Å². The van der Waals surface area contributed by atoms with Crippen LogP contribution in [0.3, 0.4) is 0 Å². The maximum absolute atomic E-state index is 13.2. The molecule has 0 radical (unpaired) electrons. The smallest absolute Gasteiger partial charge is 0.258 e. The van der Waals surface area contributed by atoms with E-state index in [2.05, 4.69) is 30.9 Å². The minimum Gasteiger partial charge on any atom is -0.465 e. The van der Waals surface area contributed by atoms with Crippen LogP contribution in [0.5, 0.6) is 0 Å². The maximum atomic E-state index is 13.2. The van der Waals surface area contributed by atoms with Gasteiger partial charge in [-0.2, -0.15) is 0 Å². The fraction of sp³-hybridized carbons (Fsp3) is 0.700. The number of fused-ring (bicyclic) bond motifs is 1. The number of likely N-dealkylation sites (N-methyl/N-ethyl adjacent to an activating group) is 2. The Labute approximate surface area is 156 Å². The molecule has 3 rings (SSSR count). The number of rotatable bonds is 5. The number of likely N-dealkylation sites (tertiary alicyclic amines) is 1. The Bertz CT molecular complexity index is 680. The summed E-state index contributed by atoms with van der Waals surface area (Å²) in [6.45, 7) is 5.27. The minimum absolute atomic E-state index is 0.0338. The number of carbonyl (C=O) groups excluding carboxylic acids is 2. The summed E-state index contributed by atoms with van der Waals surface area (Å²) in [6, 6.07) is 0.367. The summed E-state index contributed by atoms with van der Waals surface area (Å²) in [5, 5.41) is 0. The van der Waals surface area contributed by atoms with E-state index < -0.39 is 0 Å². The lowest BCUT2D eigenvalue weighted by atomic mass is 9.92. The number of ketones is 1. The van der Waals surface area contributed by atoms with Gasteiger partial charge in [0.15, 0.2) is 5.78 Å². The standard InChI is InChI=1S/C20H31N3O3/c1-14-18(19-16(24)8-5-9-17(19)26-14)20(25)23-10-6-7-15(13-23)22(4)12-11-21(2)3/h15H,5-13H2,1-4H3/t15-/m1/s1. The van der Waals surface area contributed by atoms with Crippen LogP contribution in [0.15, 0.2) is 4.42 Å². The molecule has 1 aromatic heterocycles. The van der Waals surface area contributed by atoms with Crippen molar-refractivity contribution < 1.29 is 14.0 Å². The van der Waals surface area contributed by atoms with E-state index in [9.17, 15) is 9.59 Å². The van der Waals surface area contributed by atoms with Gasteiger partial charge in [0.1, 0.15) is 11.5 Å². The van der Waals surface area contributed by atoms with Crippen molar-refractivity contribution in [2.24, 2.45) is 0 Å². The lowest BCUT2D eigenvalue weighted by Crippen LogP contribution is -2.50. The fourth-order valence-corrected chi connectivity index (χ4v) is 4.06. The van der Waals surface area contributed by atoms with Crippen molar-refractivity contribution in [1.29, 1.82) is 0 Å². The number of hydrogen-bond acceptors (Lipinski definition) is 5. The largest absolute Gasteiger partial charge is 0.465 e. The van der Waals surface area contributed by atoms with E-state index in [1.165, 1.54) is 0 Å². The summed E-state index contributed by atoms with van der Waals surface area (Å²) in [7, 11) is 6.29. The molecule has 1 saturated heterocycles. The summed E-state index contributed by atoms with van der Waals surface area (Å²) in [5.41, 5.74) is 1.07. The van der Waals surface area contributed by atoms with E-state index in [1.54, 1.807) is 0 Å². The highest BCUT2D eigenvalue weighted by atomic mass is 16.3. The number of nitrogens with zero attached hydrogens (tertiary/aromatic N) is 3. The molecule has 2 heterocycles. The van der Waals surface area contributed by atoms with Crippen LogP contribution in [0.1, 0.15) is 57.9 Å². The minimum atomic E-state index is -0.0338. The highest BCUT2D eigenvalue weighted by Crippen LogP contribution is 2.31. The normalized spacial score (nSPS) is 20.8. The third kappa shape index (κ3) is 3.86. The first-order chi connectivity index (χ1) is 12.4. The number of piperidine rings is 1. The summed E-state index contributed by atoms with van der Waals surface area (Å²) in [6.07, 6.45) is 4.19. The van der Waals surface area contributed by atoms with Crippen molar-refractivity contribution in [3.63, 3.8) is 0 Å². The van der Waals surface area contributed by atoms with Gasteiger partial charge in [-0.3, -0.25) is 9.59 Å². The van der Waals surface area contributed by atoms with Crippen molar-refractivity contribution in [2.45, 2.75) is 45.1 Å². The molecule has 144 valence electrons. The molecule has 1 fully saturated rings. The topological polar surface area (TPSA) is 57.0 Å². The predicted octanol–water partition coefficient (Wildman–Crippen LogP) is 2.21. The Morgan fingerprint density at radius 2 is 1.96 bits per heavy atom. The van der Waals surface area contributed by atoms with Crippen molar-refractivity contribution >= 4 is 11.7 Å². The van der Waals surface area contributed by atoms with Crippen LogP contribution in [0.25, 0.3) is 0 Å². The second kappa shape index (κ2) is 7.92. The Hall–Kier alpha value is -1.66. The van der Waals surface area contributed by atoms with Gasteiger partial charge in [-0.15, -0.1) is 0 Å². The molecule has 1 aliphatic heterocycles. The number of amides is 1. The monoisotopic (exact) mass is 361 g/mol. The zero-order chi connectivity index (χ0) is 18.8. The van der Waals surface area contributed by atoms with E-state index in [1.807, 2.05) is 11.8 Å². The lowest BCUT2D eigenvalue weighted by molar-refractivity contribution is 0.0599. The predicted molar refractivity (Wildman–Crippen MR) is 101 cm³/mol. The molecule has 1 amide bonds. The molecule has 0 N–H and O–H groups in total. The molecule has 0 spiro atoms.